The van der Waals surface area contributed by atoms with Gasteiger partial charge in [0.05, 0.1) is 0 Å². The van der Waals surface area contributed by atoms with Crippen molar-refractivity contribution in [1.29, 1.82) is 0 Å². The second-order valence-corrected chi connectivity index (χ2v) is 4.90. The van der Waals surface area contributed by atoms with Gasteiger partial charge in [0.1, 0.15) is 6.04 Å². The Bertz CT molecular complexity index is 412. The zero-order valence-corrected chi connectivity index (χ0v) is 11.1. The summed E-state index contributed by atoms with van der Waals surface area (Å²) in [6, 6.07) is 0.0226. The van der Waals surface area contributed by atoms with Crippen molar-refractivity contribution in [1.82, 2.24) is 20.4 Å². The molecule has 0 spiro atoms. The van der Waals surface area contributed by atoms with Crippen molar-refractivity contribution in [3.8, 4) is 0 Å². The maximum atomic E-state index is 12.0. The van der Waals surface area contributed by atoms with Crippen LogP contribution in [-0.4, -0.2) is 34.2 Å². The minimum absolute atomic E-state index is 0.0785. The Hall–Kier alpha value is -1.59. The number of nitrogens with zero attached hydrogens (tertiary/aromatic N) is 3. The molecule has 1 heterocycles. The third-order valence-corrected chi connectivity index (χ3v) is 3.48. The fourth-order valence-corrected chi connectivity index (χ4v) is 2.17. The van der Waals surface area contributed by atoms with Crippen LogP contribution in [0.2, 0.25) is 0 Å². The van der Waals surface area contributed by atoms with Crippen LogP contribution in [0, 0.1) is 6.92 Å². The SMILES string of the molecule is Cc1noc(C(C)N(C)C(=O)NC2CCCC2)n1. The van der Waals surface area contributed by atoms with Gasteiger partial charge in [-0.1, -0.05) is 18.0 Å². The van der Waals surface area contributed by atoms with Crippen molar-refractivity contribution in [2.24, 2.45) is 0 Å². The first-order chi connectivity index (χ1) is 8.58. The van der Waals surface area contributed by atoms with Crippen molar-refractivity contribution in [2.75, 3.05) is 7.05 Å². The summed E-state index contributed by atoms with van der Waals surface area (Å²) in [5.74, 6) is 1.05. The van der Waals surface area contributed by atoms with Gasteiger partial charge in [-0.3, -0.25) is 0 Å². The first-order valence-corrected chi connectivity index (χ1v) is 6.41. The lowest BCUT2D eigenvalue weighted by atomic mass is 10.2. The molecule has 1 aliphatic carbocycles. The second kappa shape index (κ2) is 5.37. The molecule has 0 bridgehead atoms. The molecule has 1 unspecified atom stereocenters. The molecular formula is C12H20N4O2. The molecule has 1 aliphatic rings. The number of rotatable bonds is 3. The maximum Gasteiger partial charge on any atom is 0.318 e. The quantitative estimate of drug-likeness (QED) is 0.893. The van der Waals surface area contributed by atoms with E-state index in [4.69, 9.17) is 4.52 Å². The molecule has 1 saturated carbocycles. The number of carbonyl (C=O) groups is 1. The summed E-state index contributed by atoms with van der Waals surface area (Å²) in [4.78, 5) is 17.8. The number of amides is 2. The molecule has 1 atom stereocenters. The number of urea groups is 1. The van der Waals surface area contributed by atoms with E-state index in [1.807, 2.05) is 6.92 Å². The number of carbonyl (C=O) groups excluding carboxylic acids is 1. The molecule has 0 aliphatic heterocycles. The van der Waals surface area contributed by atoms with Crippen LogP contribution in [-0.2, 0) is 0 Å². The van der Waals surface area contributed by atoms with Gasteiger partial charge in [0.2, 0.25) is 5.89 Å². The summed E-state index contributed by atoms with van der Waals surface area (Å²) in [6.45, 7) is 3.64. The predicted molar refractivity (Wildman–Crippen MR) is 66.0 cm³/mol. The Kier molecular flexibility index (Phi) is 3.84. The van der Waals surface area contributed by atoms with Gasteiger partial charge in [-0.05, 0) is 26.7 Å². The smallest absolute Gasteiger partial charge is 0.318 e. The third kappa shape index (κ3) is 2.80. The van der Waals surface area contributed by atoms with Gasteiger partial charge in [-0.2, -0.15) is 4.98 Å². The summed E-state index contributed by atoms with van der Waals surface area (Å²) < 4.78 is 5.08. The van der Waals surface area contributed by atoms with Crippen molar-refractivity contribution < 1.29 is 9.32 Å². The molecule has 100 valence electrons. The molecule has 0 radical (unpaired) electrons. The zero-order chi connectivity index (χ0) is 13.1. The molecule has 1 aromatic rings. The van der Waals surface area contributed by atoms with E-state index in [1.54, 1.807) is 18.9 Å². The van der Waals surface area contributed by atoms with Crippen LogP contribution in [0.25, 0.3) is 0 Å². The monoisotopic (exact) mass is 252 g/mol. The number of hydrogen-bond donors (Lipinski definition) is 1. The van der Waals surface area contributed by atoms with Crippen LogP contribution in [0.4, 0.5) is 4.79 Å². The maximum absolute atomic E-state index is 12.0. The van der Waals surface area contributed by atoms with Crippen LogP contribution in [0.1, 0.15) is 50.4 Å². The lowest BCUT2D eigenvalue weighted by Crippen LogP contribution is -2.43. The van der Waals surface area contributed by atoms with Gasteiger partial charge < -0.3 is 14.7 Å². The highest BCUT2D eigenvalue weighted by molar-refractivity contribution is 5.74. The van der Waals surface area contributed by atoms with Crippen molar-refractivity contribution in [2.45, 2.75) is 51.6 Å². The molecule has 1 aromatic heterocycles. The van der Waals surface area contributed by atoms with Crippen molar-refractivity contribution >= 4 is 6.03 Å². The van der Waals surface area contributed by atoms with E-state index in [-0.39, 0.29) is 12.1 Å². The standard InChI is InChI=1S/C12H20N4O2/c1-8(11-13-9(2)15-18-11)16(3)12(17)14-10-6-4-5-7-10/h8,10H,4-7H2,1-3H3,(H,14,17). The highest BCUT2D eigenvalue weighted by Crippen LogP contribution is 2.20. The minimum Gasteiger partial charge on any atom is -0.337 e. The Labute approximate surface area is 107 Å². The van der Waals surface area contributed by atoms with Gasteiger partial charge >= 0.3 is 6.03 Å². The number of aromatic nitrogens is 2. The van der Waals surface area contributed by atoms with Crippen LogP contribution in [0.5, 0.6) is 0 Å². The highest BCUT2D eigenvalue weighted by Gasteiger charge is 2.25. The van der Waals surface area contributed by atoms with Crippen LogP contribution >= 0.6 is 0 Å². The molecule has 6 nitrogen and oxygen atoms in total. The predicted octanol–water partition coefficient (Wildman–Crippen LogP) is 2.02. The first kappa shape index (κ1) is 12.9. The van der Waals surface area contributed by atoms with Crippen LogP contribution in [0.3, 0.4) is 0 Å². The Morgan fingerprint density at radius 2 is 2.17 bits per heavy atom. The van der Waals surface area contributed by atoms with E-state index < -0.39 is 0 Å². The Balaban J connectivity index is 1.92. The lowest BCUT2D eigenvalue weighted by molar-refractivity contribution is 0.177. The normalized spacial score (nSPS) is 17.7. The minimum atomic E-state index is -0.215. The van der Waals surface area contributed by atoms with Crippen LogP contribution < -0.4 is 5.32 Å². The van der Waals surface area contributed by atoms with Gasteiger partial charge in [0, 0.05) is 13.1 Å². The average Bonchev–Trinajstić information content (AvgIpc) is 2.98. The van der Waals surface area contributed by atoms with Crippen molar-refractivity contribution in [3.05, 3.63) is 11.7 Å². The largest absolute Gasteiger partial charge is 0.337 e. The highest BCUT2D eigenvalue weighted by atomic mass is 16.5. The van der Waals surface area contributed by atoms with E-state index >= 15 is 0 Å². The molecule has 0 aromatic carbocycles. The fourth-order valence-electron chi connectivity index (χ4n) is 2.17. The van der Waals surface area contributed by atoms with Gasteiger partial charge in [-0.15, -0.1) is 0 Å². The summed E-state index contributed by atoms with van der Waals surface area (Å²) >= 11 is 0. The van der Waals surface area contributed by atoms with Gasteiger partial charge in [0.15, 0.2) is 5.82 Å². The first-order valence-electron chi connectivity index (χ1n) is 6.41. The summed E-state index contributed by atoms with van der Waals surface area (Å²) in [5, 5.41) is 6.77. The van der Waals surface area contributed by atoms with E-state index in [1.165, 1.54) is 12.8 Å². The van der Waals surface area contributed by atoms with E-state index in [9.17, 15) is 4.79 Å². The topological polar surface area (TPSA) is 71.3 Å². The van der Waals surface area contributed by atoms with Gasteiger partial charge in [-0.25, -0.2) is 4.79 Å². The van der Waals surface area contributed by atoms with E-state index in [0.29, 0.717) is 17.8 Å². The second-order valence-electron chi connectivity index (χ2n) is 4.90. The third-order valence-electron chi connectivity index (χ3n) is 3.48. The lowest BCUT2D eigenvalue weighted by Gasteiger charge is -2.24. The number of hydrogen-bond acceptors (Lipinski definition) is 4. The van der Waals surface area contributed by atoms with E-state index in [2.05, 4.69) is 15.5 Å². The average molecular weight is 252 g/mol. The summed E-state index contributed by atoms with van der Waals surface area (Å²) in [6.07, 6.45) is 4.56. The number of aryl methyl sites for hydroxylation is 1. The number of nitrogens with one attached hydrogen (secondary N) is 1. The molecule has 6 heteroatoms. The summed E-state index contributed by atoms with van der Waals surface area (Å²) in [7, 11) is 1.74. The van der Waals surface area contributed by atoms with Crippen molar-refractivity contribution in [3.63, 3.8) is 0 Å². The Morgan fingerprint density at radius 1 is 1.50 bits per heavy atom. The summed E-state index contributed by atoms with van der Waals surface area (Å²) in [5.41, 5.74) is 0. The molecule has 1 N–H and O–H groups in total. The fraction of sp³-hybridized carbons (Fsp3) is 0.750. The van der Waals surface area contributed by atoms with Crippen LogP contribution in [0.15, 0.2) is 4.52 Å². The molecule has 18 heavy (non-hydrogen) atoms. The molecular weight excluding hydrogens is 232 g/mol. The molecule has 0 saturated heterocycles. The molecule has 1 fully saturated rings. The molecule has 2 rings (SSSR count). The molecule has 2 amide bonds. The van der Waals surface area contributed by atoms with Gasteiger partial charge in [0.25, 0.3) is 0 Å². The Morgan fingerprint density at radius 3 is 2.72 bits per heavy atom. The zero-order valence-electron chi connectivity index (χ0n) is 11.1. The van der Waals surface area contributed by atoms with E-state index in [0.717, 1.165) is 12.8 Å².